The lowest BCUT2D eigenvalue weighted by Crippen LogP contribution is -2.22. The number of unbranched alkanes of at least 4 members (excludes halogenated alkanes) is 9. The van der Waals surface area contributed by atoms with Crippen molar-refractivity contribution in [2.24, 2.45) is 0 Å². The predicted molar refractivity (Wildman–Crippen MR) is 267 cm³/mol. The fourth-order valence-electron chi connectivity index (χ4n) is 9.21. The monoisotopic (exact) mass is 870 g/mol. The molecular formula is C55H58N4S3. The van der Waals surface area contributed by atoms with Crippen molar-refractivity contribution in [3.63, 3.8) is 0 Å². The molecule has 6 aromatic carbocycles. The van der Waals surface area contributed by atoms with Crippen LogP contribution >= 0.6 is 35.3 Å². The van der Waals surface area contributed by atoms with Crippen molar-refractivity contribution >= 4 is 69.4 Å². The van der Waals surface area contributed by atoms with Gasteiger partial charge in [0, 0.05) is 49.0 Å². The van der Waals surface area contributed by atoms with E-state index in [9.17, 15) is 5.26 Å². The molecule has 316 valence electrons. The van der Waals surface area contributed by atoms with Gasteiger partial charge in [0.1, 0.15) is 0 Å². The summed E-state index contributed by atoms with van der Waals surface area (Å²) in [4.78, 5) is 15.4. The number of benzene rings is 6. The van der Waals surface area contributed by atoms with Gasteiger partial charge in [-0.05, 0) is 120 Å². The summed E-state index contributed by atoms with van der Waals surface area (Å²) in [7, 11) is 0. The van der Waals surface area contributed by atoms with Gasteiger partial charge in [0.25, 0.3) is 0 Å². The Bertz CT molecular complexity index is 2590. The van der Waals surface area contributed by atoms with Gasteiger partial charge in [-0.3, -0.25) is 0 Å². The first-order valence-electron chi connectivity index (χ1n) is 23.1. The molecule has 0 spiro atoms. The number of anilines is 6. The molecule has 4 nitrogen and oxygen atoms in total. The minimum atomic E-state index is 0.715. The fourth-order valence-corrected chi connectivity index (χ4v) is 12.7. The summed E-state index contributed by atoms with van der Waals surface area (Å²) < 4.78 is 0. The summed E-state index contributed by atoms with van der Waals surface area (Å²) in [5, 5.41) is 9.75. The molecule has 0 radical (unpaired) electrons. The van der Waals surface area contributed by atoms with Gasteiger partial charge in [-0.2, -0.15) is 5.26 Å². The highest BCUT2D eigenvalue weighted by Crippen LogP contribution is 2.54. The van der Waals surface area contributed by atoms with Crippen LogP contribution in [-0.4, -0.2) is 19.6 Å². The van der Waals surface area contributed by atoms with Crippen molar-refractivity contribution < 1.29 is 0 Å². The first-order chi connectivity index (χ1) is 30.6. The molecule has 3 heterocycles. The molecule has 0 fully saturated rings. The Morgan fingerprint density at radius 3 is 1.10 bits per heavy atom. The standard InChI is InChI=1S/C55H58N4S3/c1-4-7-10-15-30-57-44-18-13-14-19-50(44)60-52-34-40(21-26-46(52)57)42-23-28-48-54(36-42)62-55-37-43(24-29-49(55)59(48)32-17-12-9-6-3)41-22-27-47-53(35-41)61-51-33-39(38-56)20-25-45(51)58(47)31-16-11-8-5-2/h13-14,18-29,33-37H,4-12,15-17,30-32H2,1-3H3. The van der Waals surface area contributed by atoms with E-state index in [-0.39, 0.29) is 0 Å². The van der Waals surface area contributed by atoms with E-state index in [0.717, 1.165) is 26.1 Å². The first-order valence-corrected chi connectivity index (χ1v) is 25.6. The highest BCUT2D eigenvalue weighted by molar-refractivity contribution is 8.00. The second kappa shape index (κ2) is 19.8. The lowest BCUT2D eigenvalue weighted by molar-refractivity contribution is 0.665. The molecule has 3 aliphatic heterocycles. The van der Waals surface area contributed by atoms with Gasteiger partial charge >= 0.3 is 0 Å². The van der Waals surface area contributed by atoms with Crippen LogP contribution in [0.25, 0.3) is 22.3 Å². The fraction of sp³-hybridized carbons (Fsp3) is 0.327. The lowest BCUT2D eigenvalue weighted by Gasteiger charge is -2.34. The van der Waals surface area contributed by atoms with Crippen molar-refractivity contribution in [3.8, 4) is 28.3 Å². The van der Waals surface area contributed by atoms with E-state index in [0.29, 0.717) is 5.56 Å². The summed E-state index contributed by atoms with van der Waals surface area (Å²) in [5.41, 5.74) is 13.5. The quantitative estimate of drug-likeness (QED) is 0.0845. The second-order valence-corrected chi connectivity index (χ2v) is 20.2. The molecule has 0 saturated carbocycles. The molecular weight excluding hydrogens is 813 g/mol. The van der Waals surface area contributed by atoms with Gasteiger partial charge in [0.05, 0.1) is 45.8 Å². The van der Waals surface area contributed by atoms with Crippen molar-refractivity contribution in [2.45, 2.75) is 127 Å². The molecule has 62 heavy (non-hydrogen) atoms. The Hall–Kier alpha value is -4.74. The summed E-state index contributed by atoms with van der Waals surface area (Å²) in [5.74, 6) is 0. The van der Waals surface area contributed by atoms with Crippen LogP contribution in [0.2, 0.25) is 0 Å². The average Bonchev–Trinajstić information content (AvgIpc) is 3.31. The molecule has 0 amide bonds. The van der Waals surface area contributed by atoms with Gasteiger partial charge in [0.15, 0.2) is 0 Å². The van der Waals surface area contributed by atoms with Gasteiger partial charge in [-0.1, -0.05) is 150 Å². The Morgan fingerprint density at radius 1 is 0.371 bits per heavy atom. The van der Waals surface area contributed by atoms with Crippen LogP contribution in [0.5, 0.6) is 0 Å². The predicted octanol–water partition coefficient (Wildman–Crippen LogP) is 17.4. The molecule has 3 aliphatic rings. The van der Waals surface area contributed by atoms with Crippen molar-refractivity contribution in [1.29, 1.82) is 5.26 Å². The van der Waals surface area contributed by atoms with Crippen molar-refractivity contribution in [3.05, 3.63) is 121 Å². The lowest BCUT2D eigenvalue weighted by atomic mass is 10.0. The number of hydrogen-bond acceptors (Lipinski definition) is 7. The summed E-state index contributed by atoms with van der Waals surface area (Å²) in [6.45, 7) is 9.89. The van der Waals surface area contributed by atoms with Crippen LogP contribution < -0.4 is 14.7 Å². The van der Waals surface area contributed by atoms with Crippen LogP contribution in [0.4, 0.5) is 34.1 Å². The number of fused-ring (bicyclic) bond motifs is 6. The first kappa shape index (κ1) is 42.6. The summed E-state index contributed by atoms with van der Waals surface area (Å²) >= 11 is 5.63. The number of nitrogens with zero attached hydrogens (tertiary/aromatic N) is 4. The average molecular weight is 871 g/mol. The molecule has 6 aromatic rings. The maximum atomic E-state index is 9.75. The van der Waals surface area contributed by atoms with Crippen LogP contribution in [0, 0.1) is 11.3 Å². The zero-order valence-electron chi connectivity index (χ0n) is 36.6. The smallest absolute Gasteiger partial charge is 0.0992 e. The number of para-hydroxylation sites is 1. The number of hydrogen-bond donors (Lipinski definition) is 0. The number of rotatable bonds is 17. The molecule has 0 bridgehead atoms. The molecule has 0 atom stereocenters. The number of nitriles is 1. The third-order valence-electron chi connectivity index (χ3n) is 12.6. The second-order valence-electron chi connectivity index (χ2n) is 16.9. The summed E-state index contributed by atoms with van der Waals surface area (Å²) in [6, 6.07) is 45.9. The molecule has 0 aliphatic carbocycles. The van der Waals surface area contributed by atoms with Gasteiger partial charge in [0.2, 0.25) is 0 Å². The topological polar surface area (TPSA) is 33.5 Å². The molecule has 7 heteroatoms. The third kappa shape index (κ3) is 8.89. The zero-order valence-corrected chi connectivity index (χ0v) is 39.0. The summed E-state index contributed by atoms with van der Waals surface area (Å²) in [6.07, 6.45) is 14.8. The van der Waals surface area contributed by atoms with Gasteiger partial charge in [-0.25, -0.2) is 0 Å². The Labute approximate surface area is 383 Å². The normalized spacial score (nSPS) is 13.4. The molecule has 0 saturated heterocycles. The Balaban J connectivity index is 1.03. The van der Waals surface area contributed by atoms with E-state index in [2.05, 4.69) is 151 Å². The SMILES string of the molecule is CCCCCCN1c2ccccc2Sc2cc(-c3ccc4c(c3)Sc3cc(-c5ccc6c(c5)Sc5cc(C#N)ccc5N6CCCCCC)ccc3N4CCCCCC)ccc21. The van der Waals surface area contributed by atoms with Crippen LogP contribution in [0.15, 0.2) is 145 Å². The van der Waals surface area contributed by atoms with Crippen LogP contribution in [0.3, 0.4) is 0 Å². The van der Waals surface area contributed by atoms with Crippen molar-refractivity contribution in [2.75, 3.05) is 34.3 Å². The minimum absolute atomic E-state index is 0.715. The van der Waals surface area contributed by atoms with Gasteiger partial charge in [-0.15, -0.1) is 0 Å². The highest BCUT2D eigenvalue weighted by Gasteiger charge is 2.28. The Morgan fingerprint density at radius 2 is 0.710 bits per heavy atom. The largest absolute Gasteiger partial charge is 0.340 e. The van der Waals surface area contributed by atoms with E-state index in [4.69, 9.17) is 0 Å². The van der Waals surface area contributed by atoms with Crippen molar-refractivity contribution in [1.82, 2.24) is 0 Å². The maximum Gasteiger partial charge on any atom is 0.0992 e. The zero-order chi connectivity index (χ0) is 42.4. The van der Waals surface area contributed by atoms with Crippen LogP contribution in [-0.2, 0) is 0 Å². The molecule has 0 unspecified atom stereocenters. The van der Waals surface area contributed by atoms with E-state index < -0.39 is 0 Å². The highest BCUT2D eigenvalue weighted by atomic mass is 32.2. The van der Waals surface area contributed by atoms with Gasteiger partial charge < -0.3 is 14.7 Å². The maximum absolute atomic E-state index is 9.75. The van der Waals surface area contributed by atoms with E-state index >= 15 is 0 Å². The van der Waals surface area contributed by atoms with E-state index in [1.807, 2.05) is 29.6 Å². The molecule has 0 N–H and O–H groups in total. The minimum Gasteiger partial charge on any atom is -0.340 e. The molecule has 0 aromatic heterocycles. The third-order valence-corrected chi connectivity index (χ3v) is 15.9. The Kier molecular flexibility index (Phi) is 13.6. The van der Waals surface area contributed by atoms with E-state index in [1.165, 1.54) is 156 Å². The van der Waals surface area contributed by atoms with Crippen LogP contribution in [0.1, 0.15) is 103 Å². The van der Waals surface area contributed by atoms with E-state index in [1.54, 1.807) is 11.8 Å². The molecule has 9 rings (SSSR count).